The SMILES string of the molecule is c1ccc(-c2ccc(N(c3ccc(-c4ccc5c(c4)c4ccccc4n5-c4ccccc4)cc3)c3cccc(-c4ccc5c(c4)C4(c6ccccc6Oc6ccccc64)c4ccccc4-5)c3)cc2)cc1. The number of hydrogen-bond acceptors (Lipinski definition) is 2. The van der Waals surface area contributed by atoms with E-state index in [1.807, 2.05) is 0 Å². The number of rotatable bonds is 7. The van der Waals surface area contributed by atoms with E-state index in [1.54, 1.807) is 0 Å². The van der Waals surface area contributed by atoms with Crippen LogP contribution in [0.25, 0.3) is 72.0 Å². The molecule has 328 valence electrons. The van der Waals surface area contributed by atoms with Gasteiger partial charge in [-0.2, -0.15) is 0 Å². The molecule has 70 heavy (non-hydrogen) atoms. The van der Waals surface area contributed by atoms with Gasteiger partial charge in [0.2, 0.25) is 0 Å². The molecule has 1 aliphatic carbocycles. The molecule has 0 fully saturated rings. The van der Waals surface area contributed by atoms with Gasteiger partial charge in [-0.25, -0.2) is 0 Å². The summed E-state index contributed by atoms with van der Waals surface area (Å²) >= 11 is 0. The van der Waals surface area contributed by atoms with Crippen molar-refractivity contribution in [1.29, 1.82) is 0 Å². The summed E-state index contributed by atoms with van der Waals surface area (Å²) in [5.41, 5.74) is 20.7. The molecule has 0 unspecified atom stereocenters. The summed E-state index contributed by atoms with van der Waals surface area (Å²) in [6, 6.07) is 97.1. The first-order valence-electron chi connectivity index (χ1n) is 24.1. The highest BCUT2D eigenvalue weighted by atomic mass is 16.5. The van der Waals surface area contributed by atoms with Gasteiger partial charge in [-0.05, 0) is 141 Å². The summed E-state index contributed by atoms with van der Waals surface area (Å²) < 4.78 is 9.01. The highest BCUT2D eigenvalue weighted by molar-refractivity contribution is 6.10. The Morgan fingerprint density at radius 2 is 0.800 bits per heavy atom. The van der Waals surface area contributed by atoms with Crippen LogP contribution in [0.3, 0.4) is 0 Å². The molecule has 14 rings (SSSR count). The Morgan fingerprint density at radius 1 is 0.300 bits per heavy atom. The van der Waals surface area contributed by atoms with Crippen molar-refractivity contribution in [3.8, 4) is 61.7 Å². The van der Waals surface area contributed by atoms with Crippen molar-refractivity contribution in [1.82, 2.24) is 4.57 Å². The van der Waals surface area contributed by atoms with E-state index in [0.29, 0.717) is 0 Å². The highest BCUT2D eigenvalue weighted by Gasteiger charge is 2.51. The molecule has 0 bridgehead atoms. The minimum absolute atomic E-state index is 0.539. The average Bonchev–Trinajstić information content (AvgIpc) is 3.92. The summed E-state index contributed by atoms with van der Waals surface area (Å²) in [5, 5.41) is 2.49. The van der Waals surface area contributed by atoms with Crippen LogP contribution in [0.1, 0.15) is 22.3 Å². The third-order valence-electron chi connectivity index (χ3n) is 14.7. The first-order valence-corrected chi connectivity index (χ1v) is 24.1. The molecule has 0 amide bonds. The maximum atomic E-state index is 6.64. The topological polar surface area (TPSA) is 17.4 Å². The van der Waals surface area contributed by atoms with Crippen LogP contribution in [0, 0.1) is 0 Å². The third-order valence-corrected chi connectivity index (χ3v) is 14.7. The molecule has 1 aliphatic heterocycles. The number of para-hydroxylation sites is 4. The van der Waals surface area contributed by atoms with Gasteiger partial charge in [0.05, 0.1) is 16.4 Å². The van der Waals surface area contributed by atoms with Crippen LogP contribution in [0.4, 0.5) is 17.1 Å². The average molecular weight is 893 g/mol. The molecule has 3 heteroatoms. The Kier molecular flexibility index (Phi) is 9.11. The molecule has 2 aliphatic rings. The third kappa shape index (κ3) is 6.15. The fourth-order valence-corrected chi connectivity index (χ4v) is 11.5. The van der Waals surface area contributed by atoms with E-state index in [-0.39, 0.29) is 0 Å². The second kappa shape index (κ2) is 16.0. The van der Waals surface area contributed by atoms with Crippen molar-refractivity contribution in [3.05, 3.63) is 289 Å². The summed E-state index contributed by atoms with van der Waals surface area (Å²) in [7, 11) is 0. The molecule has 0 saturated heterocycles. The van der Waals surface area contributed by atoms with Gasteiger partial charge in [-0.1, -0.05) is 182 Å². The Bertz CT molecular complexity index is 3920. The summed E-state index contributed by atoms with van der Waals surface area (Å²) in [6.45, 7) is 0. The Hall–Kier alpha value is -9.18. The zero-order chi connectivity index (χ0) is 46.2. The lowest BCUT2D eigenvalue weighted by atomic mass is 9.66. The van der Waals surface area contributed by atoms with Crippen molar-refractivity contribution < 1.29 is 4.74 Å². The zero-order valence-electron chi connectivity index (χ0n) is 38.2. The van der Waals surface area contributed by atoms with E-state index in [1.165, 1.54) is 77.4 Å². The van der Waals surface area contributed by atoms with Gasteiger partial charge in [-0.15, -0.1) is 0 Å². The van der Waals surface area contributed by atoms with Crippen LogP contribution < -0.4 is 9.64 Å². The fourth-order valence-electron chi connectivity index (χ4n) is 11.5. The minimum atomic E-state index is -0.539. The van der Waals surface area contributed by atoms with Crippen molar-refractivity contribution in [3.63, 3.8) is 0 Å². The predicted molar refractivity (Wildman–Crippen MR) is 289 cm³/mol. The van der Waals surface area contributed by atoms with E-state index in [2.05, 4.69) is 276 Å². The monoisotopic (exact) mass is 892 g/mol. The molecule has 0 saturated carbocycles. The molecule has 2 heterocycles. The van der Waals surface area contributed by atoms with Gasteiger partial charge < -0.3 is 14.2 Å². The lowest BCUT2D eigenvalue weighted by Crippen LogP contribution is -2.32. The van der Waals surface area contributed by atoms with Crippen LogP contribution in [-0.4, -0.2) is 4.57 Å². The maximum Gasteiger partial charge on any atom is 0.132 e. The Morgan fingerprint density at radius 3 is 1.53 bits per heavy atom. The molecule has 1 aromatic heterocycles. The van der Waals surface area contributed by atoms with E-state index in [0.717, 1.165) is 45.4 Å². The van der Waals surface area contributed by atoms with Crippen molar-refractivity contribution >= 4 is 38.9 Å². The number of benzene rings is 11. The predicted octanol–water partition coefficient (Wildman–Crippen LogP) is 17.7. The number of hydrogen-bond donors (Lipinski definition) is 0. The van der Waals surface area contributed by atoms with Crippen molar-refractivity contribution in [2.75, 3.05) is 4.90 Å². The summed E-state index contributed by atoms with van der Waals surface area (Å²) in [4.78, 5) is 2.38. The second-order valence-corrected chi connectivity index (χ2v) is 18.4. The molecular formula is C67H44N2O. The Balaban J connectivity index is 0.886. The van der Waals surface area contributed by atoms with Crippen molar-refractivity contribution in [2.45, 2.75) is 5.41 Å². The van der Waals surface area contributed by atoms with Gasteiger partial charge in [0.25, 0.3) is 0 Å². The molecule has 11 aromatic carbocycles. The lowest BCUT2D eigenvalue weighted by molar-refractivity contribution is 0.436. The van der Waals surface area contributed by atoms with Gasteiger partial charge in [0.15, 0.2) is 0 Å². The first-order chi connectivity index (χ1) is 34.7. The van der Waals surface area contributed by atoms with E-state index in [4.69, 9.17) is 4.74 Å². The molecule has 1 spiro atoms. The smallest absolute Gasteiger partial charge is 0.132 e. The molecule has 0 radical (unpaired) electrons. The second-order valence-electron chi connectivity index (χ2n) is 18.4. The molecule has 0 atom stereocenters. The number of aromatic nitrogens is 1. The number of fused-ring (bicyclic) bond motifs is 12. The fraction of sp³-hybridized carbons (Fsp3) is 0.0149. The summed E-state index contributed by atoms with van der Waals surface area (Å²) in [6.07, 6.45) is 0. The molecule has 12 aromatic rings. The van der Waals surface area contributed by atoms with Crippen LogP contribution in [0.2, 0.25) is 0 Å². The molecule has 3 nitrogen and oxygen atoms in total. The quantitative estimate of drug-likeness (QED) is 0.159. The van der Waals surface area contributed by atoms with E-state index in [9.17, 15) is 0 Å². The first kappa shape index (κ1) is 39.9. The maximum absolute atomic E-state index is 6.64. The highest BCUT2D eigenvalue weighted by Crippen LogP contribution is 2.62. The zero-order valence-corrected chi connectivity index (χ0v) is 38.2. The standard InChI is InChI=1S/C67H44N2O/c1-3-16-45(17-4-1)46-30-36-52(37-31-46)68(53-38-32-47(33-39-53)49-35-41-64-58(43-49)57-23-8-12-27-63(57)69(64)51-19-5-2-6-20-51)54-21-15-18-48(42-54)50-34-40-56-55-22-7-9-24-59(55)67(62(56)44-50)60-25-10-13-28-65(60)70-66-29-14-11-26-61(66)67/h1-44H. The Labute approximate surface area is 407 Å². The van der Waals surface area contributed by atoms with Gasteiger partial charge >= 0.3 is 0 Å². The lowest BCUT2D eigenvalue weighted by Gasteiger charge is -2.39. The number of ether oxygens (including phenoxy) is 1. The minimum Gasteiger partial charge on any atom is -0.457 e. The largest absolute Gasteiger partial charge is 0.457 e. The van der Waals surface area contributed by atoms with Crippen LogP contribution in [0.5, 0.6) is 11.5 Å². The van der Waals surface area contributed by atoms with Crippen LogP contribution in [0.15, 0.2) is 267 Å². The van der Waals surface area contributed by atoms with E-state index >= 15 is 0 Å². The van der Waals surface area contributed by atoms with Gasteiger partial charge in [0.1, 0.15) is 11.5 Å². The number of anilines is 3. The van der Waals surface area contributed by atoms with Crippen LogP contribution in [-0.2, 0) is 5.41 Å². The molecular weight excluding hydrogens is 849 g/mol. The van der Waals surface area contributed by atoms with Gasteiger partial charge in [-0.3, -0.25) is 0 Å². The van der Waals surface area contributed by atoms with Crippen molar-refractivity contribution in [2.24, 2.45) is 0 Å². The van der Waals surface area contributed by atoms with E-state index < -0.39 is 5.41 Å². The number of nitrogens with zero attached hydrogens (tertiary/aromatic N) is 2. The van der Waals surface area contributed by atoms with Crippen LogP contribution >= 0.6 is 0 Å². The normalized spacial score (nSPS) is 12.8. The van der Waals surface area contributed by atoms with Gasteiger partial charge in [0, 0.05) is 44.6 Å². The molecule has 0 N–H and O–H groups in total. The summed E-state index contributed by atoms with van der Waals surface area (Å²) in [5.74, 6) is 1.79.